The van der Waals surface area contributed by atoms with E-state index in [0.29, 0.717) is 6.54 Å². The second kappa shape index (κ2) is 5.94. The van der Waals surface area contributed by atoms with Gasteiger partial charge in [-0.15, -0.1) is 0 Å². The molecule has 0 fully saturated rings. The first-order valence-corrected chi connectivity index (χ1v) is 7.29. The third kappa shape index (κ3) is 2.42. The third-order valence-corrected chi connectivity index (χ3v) is 4.36. The summed E-state index contributed by atoms with van der Waals surface area (Å²) in [5, 5.41) is 13.3. The number of rotatable bonds is 5. The molecule has 1 unspecified atom stereocenters. The van der Waals surface area contributed by atoms with E-state index in [1.807, 2.05) is 18.2 Å². The smallest absolute Gasteiger partial charge is 0.374 e. The van der Waals surface area contributed by atoms with E-state index in [9.17, 15) is 9.90 Å². The van der Waals surface area contributed by atoms with Gasteiger partial charge >= 0.3 is 5.97 Å². The van der Waals surface area contributed by atoms with Gasteiger partial charge in [0.25, 0.3) is 0 Å². The number of methoxy groups -OCH3 is 1. The van der Waals surface area contributed by atoms with Crippen LogP contribution in [0.1, 0.15) is 33.7 Å². The van der Waals surface area contributed by atoms with Crippen LogP contribution in [0.25, 0.3) is 0 Å². The Morgan fingerprint density at radius 3 is 3.00 bits per heavy atom. The molecule has 116 valence electrons. The van der Waals surface area contributed by atoms with E-state index < -0.39 is 11.5 Å². The van der Waals surface area contributed by atoms with Crippen molar-refractivity contribution in [2.24, 2.45) is 0 Å². The van der Waals surface area contributed by atoms with Crippen LogP contribution in [0.15, 0.2) is 41.0 Å². The number of hydrogen-bond donors (Lipinski definition) is 2. The van der Waals surface area contributed by atoms with Crippen LogP contribution in [0.5, 0.6) is 0 Å². The zero-order valence-electron chi connectivity index (χ0n) is 12.5. The van der Waals surface area contributed by atoms with Gasteiger partial charge < -0.3 is 19.6 Å². The Labute approximate surface area is 128 Å². The number of furan rings is 1. The maximum Gasteiger partial charge on any atom is 0.374 e. The Morgan fingerprint density at radius 2 is 2.23 bits per heavy atom. The number of aliphatic hydroxyl groups is 1. The molecular formula is C17H19NO4. The molecular weight excluding hydrogens is 282 g/mol. The summed E-state index contributed by atoms with van der Waals surface area (Å²) in [5.74, 6) is -0.291. The highest BCUT2D eigenvalue weighted by molar-refractivity contribution is 5.87. The van der Waals surface area contributed by atoms with Gasteiger partial charge in [0.05, 0.1) is 25.5 Å². The number of ether oxygens (including phenoxy) is 1. The van der Waals surface area contributed by atoms with E-state index in [-0.39, 0.29) is 12.4 Å². The van der Waals surface area contributed by atoms with Crippen molar-refractivity contribution in [3.63, 3.8) is 0 Å². The molecule has 0 saturated carbocycles. The van der Waals surface area contributed by atoms with Crippen molar-refractivity contribution in [3.8, 4) is 0 Å². The molecule has 1 atom stereocenters. The molecule has 0 aliphatic heterocycles. The van der Waals surface area contributed by atoms with Crippen molar-refractivity contribution in [1.82, 2.24) is 5.32 Å². The summed E-state index contributed by atoms with van der Waals surface area (Å²) in [6.07, 6.45) is 3.23. The Balaban J connectivity index is 1.81. The van der Waals surface area contributed by atoms with Crippen molar-refractivity contribution in [3.05, 3.63) is 59.0 Å². The highest BCUT2D eigenvalue weighted by atomic mass is 16.5. The van der Waals surface area contributed by atoms with E-state index in [1.54, 1.807) is 6.07 Å². The Morgan fingerprint density at radius 1 is 1.41 bits per heavy atom. The molecule has 3 rings (SSSR count). The van der Waals surface area contributed by atoms with E-state index in [2.05, 4.69) is 11.4 Å². The lowest BCUT2D eigenvalue weighted by Crippen LogP contribution is -2.43. The van der Waals surface area contributed by atoms with Crippen LogP contribution in [-0.2, 0) is 23.2 Å². The number of esters is 1. The van der Waals surface area contributed by atoms with E-state index in [1.165, 1.54) is 18.9 Å². The lowest BCUT2D eigenvalue weighted by molar-refractivity contribution is 0.0562. The summed E-state index contributed by atoms with van der Waals surface area (Å²) in [7, 11) is 1.32. The molecule has 22 heavy (non-hydrogen) atoms. The van der Waals surface area contributed by atoms with Gasteiger partial charge in [-0.2, -0.15) is 0 Å². The van der Waals surface area contributed by atoms with Crippen LogP contribution >= 0.6 is 0 Å². The summed E-state index contributed by atoms with van der Waals surface area (Å²) in [6.45, 7) is 0.436. The minimum absolute atomic E-state index is 0.00935. The molecule has 5 nitrogen and oxygen atoms in total. The van der Waals surface area contributed by atoms with Gasteiger partial charge in [-0.1, -0.05) is 24.3 Å². The molecule has 1 aliphatic carbocycles. The van der Waals surface area contributed by atoms with Crippen LogP contribution < -0.4 is 5.32 Å². The second-order valence-corrected chi connectivity index (χ2v) is 5.52. The van der Waals surface area contributed by atoms with Crippen LogP contribution in [0.3, 0.4) is 0 Å². The van der Waals surface area contributed by atoms with Crippen LogP contribution in [0, 0.1) is 0 Å². The van der Waals surface area contributed by atoms with E-state index in [0.717, 1.165) is 24.0 Å². The lowest BCUT2D eigenvalue weighted by Gasteiger charge is -2.29. The molecule has 2 N–H and O–H groups in total. The number of nitrogens with one attached hydrogen (secondary N) is 1. The van der Waals surface area contributed by atoms with Crippen molar-refractivity contribution < 1.29 is 19.1 Å². The average molecular weight is 301 g/mol. The van der Waals surface area contributed by atoms with Gasteiger partial charge in [0, 0.05) is 12.1 Å². The SMILES string of the molecule is COC(=O)c1occc1CNC1(CO)CCc2ccccc21. The van der Waals surface area contributed by atoms with E-state index in [4.69, 9.17) is 9.15 Å². The summed E-state index contributed by atoms with van der Waals surface area (Å²) in [4.78, 5) is 11.6. The first-order valence-electron chi connectivity index (χ1n) is 7.29. The second-order valence-electron chi connectivity index (χ2n) is 5.52. The van der Waals surface area contributed by atoms with Gasteiger partial charge in [-0.05, 0) is 30.0 Å². The largest absolute Gasteiger partial charge is 0.463 e. The minimum Gasteiger partial charge on any atom is -0.463 e. The monoisotopic (exact) mass is 301 g/mol. The number of aliphatic hydroxyl groups excluding tert-OH is 1. The number of aryl methyl sites for hydroxylation is 1. The Hall–Kier alpha value is -2.11. The molecule has 0 bridgehead atoms. The summed E-state index contributed by atoms with van der Waals surface area (Å²) in [6, 6.07) is 9.87. The Bertz CT molecular complexity index is 679. The fourth-order valence-electron chi connectivity index (χ4n) is 3.10. The predicted molar refractivity (Wildman–Crippen MR) is 80.4 cm³/mol. The topological polar surface area (TPSA) is 71.7 Å². The summed E-state index contributed by atoms with van der Waals surface area (Å²) >= 11 is 0. The van der Waals surface area contributed by atoms with Gasteiger partial charge in [-0.3, -0.25) is 0 Å². The van der Waals surface area contributed by atoms with Crippen LogP contribution in [0.2, 0.25) is 0 Å². The maximum absolute atomic E-state index is 11.6. The van der Waals surface area contributed by atoms with Gasteiger partial charge in [0.15, 0.2) is 0 Å². The molecule has 0 radical (unpaired) electrons. The van der Waals surface area contributed by atoms with Crippen LogP contribution in [-0.4, -0.2) is 24.8 Å². The Kier molecular flexibility index (Phi) is 4.00. The van der Waals surface area contributed by atoms with E-state index >= 15 is 0 Å². The number of carbonyl (C=O) groups is 1. The highest BCUT2D eigenvalue weighted by Crippen LogP contribution is 2.36. The first-order chi connectivity index (χ1) is 10.7. The third-order valence-electron chi connectivity index (χ3n) is 4.36. The molecule has 0 spiro atoms. The summed E-state index contributed by atoms with van der Waals surface area (Å²) in [5.41, 5.74) is 2.63. The zero-order chi connectivity index (χ0) is 15.6. The predicted octanol–water partition coefficient (Wildman–Crippen LogP) is 1.99. The van der Waals surface area contributed by atoms with Crippen molar-refractivity contribution in [2.75, 3.05) is 13.7 Å². The fourth-order valence-corrected chi connectivity index (χ4v) is 3.10. The van der Waals surface area contributed by atoms with Gasteiger partial charge in [-0.25, -0.2) is 4.79 Å². The highest BCUT2D eigenvalue weighted by Gasteiger charge is 2.37. The molecule has 0 saturated heterocycles. The molecule has 5 heteroatoms. The number of hydrogen-bond acceptors (Lipinski definition) is 5. The maximum atomic E-state index is 11.6. The standard InChI is InChI=1S/C17H19NO4/c1-21-16(20)15-13(7-9-22-15)10-18-17(11-19)8-6-12-4-2-3-5-14(12)17/h2-5,7,9,18-19H,6,8,10-11H2,1H3. The minimum atomic E-state index is -0.494. The van der Waals surface area contributed by atoms with Gasteiger partial charge in [0.1, 0.15) is 0 Å². The molecule has 0 amide bonds. The molecule has 1 aromatic heterocycles. The summed E-state index contributed by atoms with van der Waals surface area (Å²) < 4.78 is 9.90. The van der Waals surface area contributed by atoms with Crippen molar-refractivity contribution in [2.45, 2.75) is 24.9 Å². The quantitative estimate of drug-likeness (QED) is 0.826. The first kappa shape index (κ1) is 14.8. The fraction of sp³-hybridized carbons (Fsp3) is 0.353. The zero-order valence-corrected chi connectivity index (χ0v) is 12.5. The normalized spacial score (nSPS) is 19.9. The van der Waals surface area contributed by atoms with Crippen molar-refractivity contribution >= 4 is 5.97 Å². The average Bonchev–Trinajstić information content (AvgIpc) is 3.17. The van der Waals surface area contributed by atoms with Crippen LogP contribution in [0.4, 0.5) is 0 Å². The number of benzene rings is 1. The molecule has 1 heterocycles. The van der Waals surface area contributed by atoms with Crippen molar-refractivity contribution in [1.29, 1.82) is 0 Å². The van der Waals surface area contributed by atoms with Gasteiger partial charge in [0.2, 0.25) is 5.76 Å². The number of fused-ring (bicyclic) bond motifs is 1. The molecule has 2 aromatic rings. The molecule has 1 aliphatic rings. The number of carbonyl (C=O) groups excluding carboxylic acids is 1. The molecule has 1 aromatic carbocycles. The lowest BCUT2D eigenvalue weighted by atomic mass is 9.92.